The fourth-order valence-corrected chi connectivity index (χ4v) is 3.90. The molecule has 1 heterocycles. The molecule has 1 saturated heterocycles. The molecule has 1 aliphatic heterocycles. The molecule has 0 unspecified atom stereocenters. The fourth-order valence-electron chi connectivity index (χ4n) is 2.41. The Labute approximate surface area is 170 Å². The van der Waals surface area contributed by atoms with E-state index in [1.165, 1.54) is 17.0 Å². The number of thiocarbonyl (C=S) groups is 1. The Kier molecular flexibility index (Phi) is 6.26. The number of hydrogen-bond acceptors (Lipinski definition) is 4. The molecule has 27 heavy (non-hydrogen) atoms. The third kappa shape index (κ3) is 4.74. The van der Waals surface area contributed by atoms with E-state index in [4.69, 9.17) is 23.8 Å². The van der Waals surface area contributed by atoms with Crippen LogP contribution < -0.4 is 5.32 Å². The summed E-state index contributed by atoms with van der Waals surface area (Å²) in [6.07, 6.45) is 1.53. The van der Waals surface area contributed by atoms with Gasteiger partial charge in [-0.05, 0) is 24.3 Å². The highest BCUT2D eigenvalue weighted by molar-refractivity contribution is 8.26. The van der Waals surface area contributed by atoms with Gasteiger partial charge in [-0.2, -0.15) is 0 Å². The number of anilines is 1. The number of rotatable bonds is 5. The number of para-hydroxylation sites is 1. The molecule has 1 fully saturated rings. The summed E-state index contributed by atoms with van der Waals surface area (Å²) in [6.45, 7) is 0.134. The third-order valence-electron chi connectivity index (χ3n) is 3.78. The summed E-state index contributed by atoms with van der Waals surface area (Å²) < 4.78 is 14.1. The highest BCUT2D eigenvalue weighted by Gasteiger charge is 2.32. The molecule has 4 nitrogen and oxygen atoms in total. The normalized spacial score (nSPS) is 15.5. The van der Waals surface area contributed by atoms with Gasteiger partial charge < -0.3 is 5.32 Å². The number of halogens is 2. The first-order valence-electron chi connectivity index (χ1n) is 8.00. The monoisotopic (exact) mass is 420 g/mol. The Balaban J connectivity index is 1.63. The van der Waals surface area contributed by atoms with E-state index in [-0.39, 0.29) is 24.8 Å². The van der Waals surface area contributed by atoms with Crippen LogP contribution in [0.15, 0.2) is 53.4 Å². The second-order valence-electron chi connectivity index (χ2n) is 5.63. The van der Waals surface area contributed by atoms with Crippen LogP contribution in [0.5, 0.6) is 0 Å². The summed E-state index contributed by atoms with van der Waals surface area (Å²) >= 11 is 12.3. The molecule has 3 rings (SSSR count). The lowest BCUT2D eigenvalue weighted by atomic mass is 10.2. The fraction of sp³-hybridized carbons (Fsp3) is 0.105. The van der Waals surface area contributed by atoms with Gasteiger partial charge in [0.1, 0.15) is 10.1 Å². The maximum Gasteiger partial charge on any atom is 0.266 e. The van der Waals surface area contributed by atoms with Crippen LogP contribution in [0.4, 0.5) is 10.1 Å². The molecule has 0 aromatic heterocycles. The number of nitrogens with one attached hydrogen (secondary N) is 1. The molecule has 0 aliphatic carbocycles. The predicted molar refractivity (Wildman–Crippen MR) is 111 cm³/mol. The van der Waals surface area contributed by atoms with Crippen LogP contribution in [0.2, 0.25) is 5.02 Å². The van der Waals surface area contributed by atoms with Crippen LogP contribution in [-0.4, -0.2) is 27.6 Å². The minimum Gasteiger partial charge on any atom is -0.325 e. The number of carbonyl (C=O) groups is 2. The summed E-state index contributed by atoms with van der Waals surface area (Å²) in [4.78, 5) is 26.3. The van der Waals surface area contributed by atoms with Gasteiger partial charge in [0.05, 0.1) is 15.6 Å². The highest BCUT2D eigenvalue weighted by atomic mass is 35.5. The van der Waals surface area contributed by atoms with Crippen molar-refractivity contribution in [3.63, 3.8) is 0 Å². The molecule has 1 N–H and O–H groups in total. The van der Waals surface area contributed by atoms with Crippen molar-refractivity contribution in [1.82, 2.24) is 4.90 Å². The van der Waals surface area contributed by atoms with Gasteiger partial charge in [0.15, 0.2) is 0 Å². The lowest BCUT2D eigenvalue weighted by molar-refractivity contribution is -0.122. The molecule has 2 amide bonds. The second kappa shape index (κ2) is 8.65. The van der Waals surface area contributed by atoms with Gasteiger partial charge >= 0.3 is 0 Å². The van der Waals surface area contributed by atoms with E-state index in [0.717, 1.165) is 11.8 Å². The zero-order valence-corrected chi connectivity index (χ0v) is 16.3. The molecule has 0 radical (unpaired) electrons. The molecule has 2 aromatic carbocycles. The summed E-state index contributed by atoms with van der Waals surface area (Å²) in [5.74, 6) is -1.03. The smallest absolute Gasteiger partial charge is 0.266 e. The first-order valence-corrected chi connectivity index (χ1v) is 9.60. The van der Waals surface area contributed by atoms with Crippen LogP contribution in [0.1, 0.15) is 12.0 Å². The molecule has 0 bridgehead atoms. The van der Waals surface area contributed by atoms with Crippen molar-refractivity contribution in [1.29, 1.82) is 0 Å². The van der Waals surface area contributed by atoms with Gasteiger partial charge in [-0.25, -0.2) is 4.39 Å². The van der Waals surface area contributed by atoms with Gasteiger partial charge in [-0.1, -0.05) is 65.9 Å². The summed E-state index contributed by atoms with van der Waals surface area (Å²) in [5, 5.41) is 3.13. The Morgan fingerprint density at radius 2 is 1.93 bits per heavy atom. The number of carbonyl (C=O) groups excluding carboxylic acids is 2. The maximum atomic E-state index is 13.8. The van der Waals surface area contributed by atoms with Crippen molar-refractivity contribution in [3.8, 4) is 0 Å². The maximum absolute atomic E-state index is 13.8. The number of benzene rings is 2. The van der Waals surface area contributed by atoms with Gasteiger partial charge in [0.2, 0.25) is 5.91 Å². The number of nitrogens with zero attached hydrogens (tertiary/aromatic N) is 1. The zero-order valence-electron chi connectivity index (χ0n) is 13.9. The summed E-state index contributed by atoms with van der Waals surface area (Å²) in [6, 6.07) is 13.1. The highest BCUT2D eigenvalue weighted by Crippen LogP contribution is 2.33. The van der Waals surface area contributed by atoms with Crippen LogP contribution in [0.3, 0.4) is 0 Å². The lowest BCUT2D eigenvalue weighted by Crippen LogP contribution is -2.31. The Bertz CT molecular complexity index is 949. The third-order valence-corrected chi connectivity index (χ3v) is 5.48. The number of amides is 2. The van der Waals surface area contributed by atoms with Crippen molar-refractivity contribution in [2.24, 2.45) is 0 Å². The van der Waals surface area contributed by atoms with E-state index in [2.05, 4.69) is 5.32 Å². The molecular formula is C19H14ClFN2O2S2. The SMILES string of the molecule is O=C(CCN1C(=O)C(=Cc2ccccc2F)SC1=S)Nc1ccccc1Cl. The number of thioether (sulfide) groups is 1. The Morgan fingerprint density at radius 3 is 2.67 bits per heavy atom. The summed E-state index contributed by atoms with van der Waals surface area (Å²) in [7, 11) is 0. The molecular weight excluding hydrogens is 407 g/mol. The van der Waals surface area contributed by atoms with E-state index in [1.54, 1.807) is 42.5 Å². The van der Waals surface area contributed by atoms with Crippen molar-refractivity contribution in [3.05, 3.63) is 69.8 Å². The first-order chi connectivity index (χ1) is 13.0. The van der Waals surface area contributed by atoms with E-state index in [9.17, 15) is 14.0 Å². The molecule has 0 atom stereocenters. The average Bonchev–Trinajstić information content (AvgIpc) is 2.90. The Morgan fingerprint density at radius 1 is 1.22 bits per heavy atom. The van der Waals surface area contributed by atoms with Gasteiger partial charge in [-0.3, -0.25) is 14.5 Å². The van der Waals surface area contributed by atoms with Crippen molar-refractivity contribution >= 4 is 63.5 Å². The van der Waals surface area contributed by atoms with E-state index >= 15 is 0 Å². The average molecular weight is 421 g/mol. The van der Waals surface area contributed by atoms with Crippen molar-refractivity contribution < 1.29 is 14.0 Å². The van der Waals surface area contributed by atoms with Crippen molar-refractivity contribution in [2.75, 3.05) is 11.9 Å². The molecule has 8 heteroatoms. The quantitative estimate of drug-likeness (QED) is 0.562. The molecule has 0 spiro atoms. The summed E-state index contributed by atoms with van der Waals surface area (Å²) in [5.41, 5.74) is 0.823. The molecule has 1 aliphatic rings. The number of hydrogen-bond donors (Lipinski definition) is 1. The van der Waals surface area contributed by atoms with E-state index in [1.807, 2.05) is 0 Å². The zero-order chi connectivity index (χ0) is 19.4. The van der Waals surface area contributed by atoms with Gasteiger partial charge in [-0.15, -0.1) is 0 Å². The van der Waals surface area contributed by atoms with Crippen LogP contribution in [-0.2, 0) is 9.59 Å². The van der Waals surface area contributed by atoms with Gasteiger partial charge in [0, 0.05) is 18.5 Å². The van der Waals surface area contributed by atoms with Crippen LogP contribution in [0.25, 0.3) is 6.08 Å². The van der Waals surface area contributed by atoms with Crippen molar-refractivity contribution in [2.45, 2.75) is 6.42 Å². The van der Waals surface area contributed by atoms with Crippen LogP contribution >= 0.6 is 35.6 Å². The van der Waals surface area contributed by atoms with E-state index in [0.29, 0.717) is 25.5 Å². The molecule has 2 aromatic rings. The predicted octanol–water partition coefficient (Wildman–Crippen LogP) is 4.71. The lowest BCUT2D eigenvalue weighted by Gasteiger charge is -2.14. The molecule has 138 valence electrons. The van der Waals surface area contributed by atoms with E-state index < -0.39 is 5.82 Å². The minimum absolute atomic E-state index is 0.0602. The Hall–Kier alpha value is -2.22. The second-order valence-corrected chi connectivity index (χ2v) is 7.72. The minimum atomic E-state index is -0.415. The van der Waals surface area contributed by atoms with Crippen LogP contribution in [0, 0.1) is 5.82 Å². The molecule has 0 saturated carbocycles. The van der Waals surface area contributed by atoms with Gasteiger partial charge in [0.25, 0.3) is 5.91 Å². The largest absolute Gasteiger partial charge is 0.325 e. The first kappa shape index (κ1) is 19.5. The topological polar surface area (TPSA) is 49.4 Å². The standard InChI is InChI=1S/C19H14ClFN2O2S2/c20-13-6-2-4-8-15(13)22-17(24)9-10-23-18(25)16(27-19(23)26)11-12-5-1-3-7-14(12)21/h1-8,11H,9-10H2,(H,22,24).